The Hall–Kier alpha value is -2.75. The molecule has 0 unspecified atom stereocenters. The van der Waals surface area contributed by atoms with Crippen molar-refractivity contribution >= 4 is 46.4 Å². The van der Waals surface area contributed by atoms with Gasteiger partial charge in [0.15, 0.2) is 0 Å². The molecule has 1 fully saturated rings. The van der Waals surface area contributed by atoms with E-state index in [9.17, 15) is 28.8 Å². The van der Waals surface area contributed by atoms with Crippen molar-refractivity contribution in [2.45, 2.75) is 77.4 Å². The summed E-state index contributed by atoms with van der Waals surface area (Å²) in [4.78, 5) is 73.3. The van der Waals surface area contributed by atoms with E-state index in [2.05, 4.69) is 10.3 Å². The molecule has 0 aromatic carbocycles. The van der Waals surface area contributed by atoms with E-state index in [-0.39, 0.29) is 48.2 Å². The molecule has 0 aliphatic carbocycles. The minimum Gasteiger partial charge on any atom is -0.463 e. The van der Waals surface area contributed by atoms with Gasteiger partial charge in [-0.25, -0.2) is 9.59 Å². The molecule has 13 nitrogen and oxygen atoms in total. The van der Waals surface area contributed by atoms with E-state index >= 15 is 0 Å². The third-order valence-corrected chi connectivity index (χ3v) is 5.55. The SMILES string of the molecule is CC(=O)CCC(=O)O[C@H]1C[C@H](n2cc(I)c(=O)[nH]c2=O)O[C@@H]1COC(=O)CCNC(=O)OC(C)(C)C. The summed E-state index contributed by atoms with van der Waals surface area (Å²) in [6.45, 7) is 6.17. The fourth-order valence-electron chi connectivity index (χ4n) is 3.15. The van der Waals surface area contributed by atoms with Gasteiger partial charge in [-0.3, -0.25) is 23.9 Å². The Morgan fingerprint density at radius 1 is 1.17 bits per heavy atom. The van der Waals surface area contributed by atoms with E-state index in [1.165, 1.54) is 13.1 Å². The molecule has 1 aromatic heterocycles. The van der Waals surface area contributed by atoms with Gasteiger partial charge in [0.1, 0.15) is 36.4 Å². The first-order valence-corrected chi connectivity index (χ1v) is 12.3. The van der Waals surface area contributed by atoms with Gasteiger partial charge in [-0.15, -0.1) is 0 Å². The summed E-state index contributed by atoms with van der Waals surface area (Å²) >= 11 is 1.77. The van der Waals surface area contributed by atoms with Gasteiger partial charge < -0.3 is 29.1 Å². The zero-order chi connectivity index (χ0) is 27.0. The lowest BCUT2D eigenvalue weighted by Crippen LogP contribution is -2.35. The van der Waals surface area contributed by atoms with E-state index in [0.717, 1.165) is 4.57 Å². The largest absolute Gasteiger partial charge is 0.463 e. The van der Waals surface area contributed by atoms with Crippen molar-refractivity contribution in [2.24, 2.45) is 0 Å². The van der Waals surface area contributed by atoms with Crippen LogP contribution < -0.4 is 16.6 Å². The Labute approximate surface area is 220 Å². The van der Waals surface area contributed by atoms with Crippen molar-refractivity contribution in [2.75, 3.05) is 13.2 Å². The topological polar surface area (TPSA) is 172 Å². The number of carbonyl (C=O) groups excluding carboxylic acids is 4. The van der Waals surface area contributed by atoms with E-state index < -0.39 is 53.3 Å². The standard InChI is InChI=1S/C22H30IN3O10/c1-12(27)5-6-18(29)35-14-9-16(26-10-13(23)19(30)25-20(26)31)34-15(14)11-33-17(28)7-8-24-21(32)36-22(2,3)4/h10,14-16H,5-9,11H2,1-4H3,(H,24,32)(H,25,30,31)/t14-,15+,16+/m0/s1. The molecule has 2 heterocycles. The van der Waals surface area contributed by atoms with Crippen molar-refractivity contribution in [3.05, 3.63) is 30.6 Å². The second-order valence-electron chi connectivity index (χ2n) is 9.10. The van der Waals surface area contributed by atoms with Crippen LogP contribution in [0.3, 0.4) is 0 Å². The number of hydrogen-bond acceptors (Lipinski definition) is 10. The monoisotopic (exact) mass is 623 g/mol. The number of Topliss-reactive ketones (excluding diaryl/α,β-unsaturated/α-hetero) is 1. The van der Waals surface area contributed by atoms with E-state index in [1.807, 2.05) is 0 Å². The second-order valence-corrected chi connectivity index (χ2v) is 10.3. The van der Waals surface area contributed by atoms with Crippen molar-refractivity contribution in [1.82, 2.24) is 14.9 Å². The molecule has 0 saturated carbocycles. The zero-order valence-corrected chi connectivity index (χ0v) is 22.6. The van der Waals surface area contributed by atoms with Gasteiger partial charge in [-0.05, 0) is 50.3 Å². The van der Waals surface area contributed by atoms with Crippen molar-refractivity contribution in [3.8, 4) is 0 Å². The first-order chi connectivity index (χ1) is 16.7. The fourth-order valence-corrected chi connectivity index (χ4v) is 3.59. The number of esters is 2. The van der Waals surface area contributed by atoms with Crippen LogP contribution >= 0.6 is 22.6 Å². The van der Waals surface area contributed by atoms with Crippen LogP contribution in [0.25, 0.3) is 0 Å². The summed E-state index contributed by atoms with van der Waals surface area (Å²) < 4.78 is 23.0. The van der Waals surface area contributed by atoms with Gasteiger partial charge in [0, 0.05) is 25.6 Å². The van der Waals surface area contributed by atoms with Crippen LogP contribution in [0.15, 0.2) is 15.8 Å². The highest BCUT2D eigenvalue weighted by Crippen LogP contribution is 2.30. The van der Waals surface area contributed by atoms with Gasteiger partial charge in [-0.1, -0.05) is 0 Å². The maximum atomic E-state index is 12.3. The molecule has 36 heavy (non-hydrogen) atoms. The number of ether oxygens (including phenoxy) is 4. The molecule has 14 heteroatoms. The summed E-state index contributed by atoms with van der Waals surface area (Å²) in [6, 6.07) is 0. The molecule has 0 spiro atoms. The quantitative estimate of drug-likeness (QED) is 0.219. The van der Waals surface area contributed by atoms with Crippen molar-refractivity contribution in [3.63, 3.8) is 0 Å². The molecule has 1 saturated heterocycles. The molecule has 200 valence electrons. The van der Waals surface area contributed by atoms with Gasteiger partial charge in [-0.2, -0.15) is 0 Å². The molecule has 1 amide bonds. The number of aromatic nitrogens is 2. The second kappa shape index (κ2) is 13.0. The minimum absolute atomic E-state index is 0.0116. The molecule has 2 N–H and O–H groups in total. The Bertz CT molecular complexity index is 1090. The molecular weight excluding hydrogens is 593 g/mol. The van der Waals surface area contributed by atoms with E-state index in [4.69, 9.17) is 18.9 Å². The predicted octanol–water partition coefficient (Wildman–Crippen LogP) is 1.17. The summed E-state index contributed by atoms with van der Waals surface area (Å²) in [5.74, 6) is -1.46. The maximum absolute atomic E-state index is 12.3. The number of amides is 1. The molecular formula is C22H30IN3O10. The molecule has 1 aliphatic heterocycles. The average molecular weight is 623 g/mol. The normalized spacial score (nSPS) is 19.4. The van der Waals surface area contributed by atoms with Crippen LogP contribution in [0.1, 0.15) is 59.6 Å². The highest BCUT2D eigenvalue weighted by molar-refractivity contribution is 14.1. The molecule has 1 aliphatic rings. The van der Waals surface area contributed by atoms with Crippen molar-refractivity contribution in [1.29, 1.82) is 0 Å². The van der Waals surface area contributed by atoms with Gasteiger partial charge in [0.25, 0.3) is 5.56 Å². The number of hydrogen-bond donors (Lipinski definition) is 2. The maximum Gasteiger partial charge on any atom is 0.407 e. The lowest BCUT2D eigenvalue weighted by atomic mass is 10.1. The number of carbonyl (C=O) groups is 4. The summed E-state index contributed by atoms with van der Waals surface area (Å²) in [5.41, 5.74) is -1.94. The van der Waals surface area contributed by atoms with Gasteiger partial charge in [0.2, 0.25) is 0 Å². The molecule has 0 radical (unpaired) electrons. The smallest absolute Gasteiger partial charge is 0.407 e. The predicted molar refractivity (Wildman–Crippen MR) is 132 cm³/mol. The third kappa shape index (κ3) is 9.72. The average Bonchev–Trinajstić information content (AvgIpc) is 3.14. The fraction of sp³-hybridized carbons (Fsp3) is 0.636. The molecule has 2 rings (SSSR count). The highest BCUT2D eigenvalue weighted by Gasteiger charge is 2.40. The molecule has 0 bridgehead atoms. The van der Waals surface area contributed by atoms with Crippen LogP contribution in [-0.2, 0) is 33.3 Å². The number of nitrogens with zero attached hydrogens (tertiary/aromatic N) is 1. The van der Waals surface area contributed by atoms with E-state index in [0.29, 0.717) is 0 Å². The number of rotatable bonds is 10. The minimum atomic E-state index is -0.907. The zero-order valence-electron chi connectivity index (χ0n) is 20.5. The number of ketones is 1. The number of H-pyrrole nitrogens is 1. The third-order valence-electron chi connectivity index (χ3n) is 4.79. The molecule has 1 aromatic rings. The van der Waals surface area contributed by atoms with Crippen LogP contribution in [-0.4, -0.2) is 64.3 Å². The van der Waals surface area contributed by atoms with Crippen LogP contribution in [0.5, 0.6) is 0 Å². The molecule has 3 atom stereocenters. The van der Waals surface area contributed by atoms with Crippen molar-refractivity contribution < 1.29 is 38.1 Å². The Kier molecular flexibility index (Phi) is 10.6. The first kappa shape index (κ1) is 29.5. The highest BCUT2D eigenvalue weighted by atomic mass is 127. The number of nitrogens with one attached hydrogen (secondary N) is 2. The summed E-state index contributed by atoms with van der Waals surface area (Å²) in [5, 5.41) is 2.44. The number of aromatic amines is 1. The number of alkyl carbamates (subject to hydrolysis) is 1. The van der Waals surface area contributed by atoms with Crippen LogP contribution in [0.4, 0.5) is 4.79 Å². The van der Waals surface area contributed by atoms with E-state index in [1.54, 1.807) is 43.4 Å². The Morgan fingerprint density at radius 3 is 2.50 bits per heavy atom. The van der Waals surface area contributed by atoms with Crippen LogP contribution in [0.2, 0.25) is 0 Å². The number of halogens is 1. The van der Waals surface area contributed by atoms with Gasteiger partial charge >= 0.3 is 23.7 Å². The van der Waals surface area contributed by atoms with Gasteiger partial charge in [0.05, 0.1) is 16.4 Å². The lowest BCUT2D eigenvalue weighted by molar-refractivity contribution is -0.158. The first-order valence-electron chi connectivity index (χ1n) is 11.2. The Morgan fingerprint density at radius 2 is 1.86 bits per heavy atom. The summed E-state index contributed by atoms with van der Waals surface area (Å²) in [7, 11) is 0. The summed E-state index contributed by atoms with van der Waals surface area (Å²) in [6.07, 6.45) is -2.24. The Balaban J connectivity index is 2.00. The lowest BCUT2D eigenvalue weighted by Gasteiger charge is -2.20. The van der Waals surface area contributed by atoms with Crippen LogP contribution in [0, 0.1) is 3.57 Å².